The fourth-order valence-corrected chi connectivity index (χ4v) is 2.30. The molecule has 1 unspecified atom stereocenters. The number of benzene rings is 1. The number of hydrogen-bond acceptors (Lipinski definition) is 0. The Morgan fingerprint density at radius 2 is 1.78 bits per heavy atom. The molecule has 0 amide bonds. The van der Waals surface area contributed by atoms with Gasteiger partial charge in [0.1, 0.15) is 0 Å². The molecule has 1 atom stereocenters. The van der Waals surface area contributed by atoms with Crippen LogP contribution in [0.1, 0.15) is 63.1 Å². The van der Waals surface area contributed by atoms with Crippen LogP contribution in [-0.4, -0.2) is 0 Å². The standard InChI is InChI=1S/C18H28/c1-6-8-9-16-11-17(10-14(3)4)13-18(12-16)15(5)7-2/h7,11-15H,2,6,8-10H2,1,3-5H3. The first-order valence-electron chi connectivity index (χ1n) is 7.32. The van der Waals surface area contributed by atoms with Crippen LogP contribution in [0.2, 0.25) is 0 Å². The molecule has 0 aliphatic heterocycles. The van der Waals surface area contributed by atoms with Gasteiger partial charge in [0.15, 0.2) is 0 Å². The third kappa shape index (κ3) is 4.68. The van der Waals surface area contributed by atoms with E-state index in [0.29, 0.717) is 5.92 Å². The molecule has 0 saturated heterocycles. The van der Waals surface area contributed by atoms with Crippen molar-refractivity contribution in [2.75, 3.05) is 0 Å². The van der Waals surface area contributed by atoms with Gasteiger partial charge < -0.3 is 0 Å². The highest BCUT2D eigenvalue weighted by atomic mass is 14.1. The first-order chi connectivity index (χ1) is 8.56. The Hall–Kier alpha value is -1.04. The summed E-state index contributed by atoms with van der Waals surface area (Å²) in [4.78, 5) is 0. The Bertz CT molecular complexity index is 374. The number of aryl methyl sites for hydroxylation is 1. The average molecular weight is 244 g/mol. The molecule has 0 aliphatic rings. The molecule has 18 heavy (non-hydrogen) atoms. The summed E-state index contributed by atoms with van der Waals surface area (Å²) in [5, 5.41) is 0. The smallest absolute Gasteiger partial charge is 0.00129 e. The summed E-state index contributed by atoms with van der Waals surface area (Å²) in [6.45, 7) is 13.0. The van der Waals surface area contributed by atoms with Gasteiger partial charge in [-0.05, 0) is 47.8 Å². The van der Waals surface area contributed by atoms with Gasteiger partial charge in [0.25, 0.3) is 0 Å². The molecule has 0 nitrogen and oxygen atoms in total. The zero-order chi connectivity index (χ0) is 13.5. The molecule has 0 radical (unpaired) electrons. The summed E-state index contributed by atoms with van der Waals surface area (Å²) in [6.07, 6.45) is 6.97. The Morgan fingerprint density at radius 3 is 2.33 bits per heavy atom. The van der Waals surface area contributed by atoms with Crippen LogP contribution >= 0.6 is 0 Å². The van der Waals surface area contributed by atoms with E-state index < -0.39 is 0 Å². The normalized spacial score (nSPS) is 12.7. The molecule has 0 heterocycles. The lowest BCUT2D eigenvalue weighted by molar-refractivity contribution is 0.645. The third-order valence-electron chi connectivity index (χ3n) is 3.42. The van der Waals surface area contributed by atoms with Gasteiger partial charge >= 0.3 is 0 Å². The predicted octanol–water partition coefficient (Wildman–Crippen LogP) is 5.52. The maximum atomic E-state index is 3.92. The topological polar surface area (TPSA) is 0 Å². The molecule has 0 fully saturated rings. The summed E-state index contributed by atoms with van der Waals surface area (Å²) >= 11 is 0. The molecule has 1 rings (SSSR count). The van der Waals surface area contributed by atoms with Crippen LogP contribution in [-0.2, 0) is 12.8 Å². The molecule has 0 spiro atoms. The summed E-state index contributed by atoms with van der Waals surface area (Å²) in [7, 11) is 0. The van der Waals surface area contributed by atoms with Crippen molar-refractivity contribution >= 4 is 0 Å². The Labute approximate surface area is 113 Å². The number of unbranched alkanes of at least 4 members (excludes halogenated alkanes) is 1. The molecule has 1 aromatic rings. The second-order valence-electron chi connectivity index (χ2n) is 5.81. The van der Waals surface area contributed by atoms with Gasteiger partial charge in [0.2, 0.25) is 0 Å². The minimum Gasteiger partial charge on any atom is -0.102 e. The van der Waals surface area contributed by atoms with Crippen molar-refractivity contribution in [1.82, 2.24) is 0 Å². The van der Waals surface area contributed by atoms with Gasteiger partial charge in [-0.25, -0.2) is 0 Å². The highest BCUT2D eigenvalue weighted by molar-refractivity contribution is 5.34. The van der Waals surface area contributed by atoms with Gasteiger partial charge in [0, 0.05) is 0 Å². The van der Waals surface area contributed by atoms with Crippen molar-refractivity contribution < 1.29 is 0 Å². The summed E-state index contributed by atoms with van der Waals surface area (Å²) in [5.74, 6) is 1.18. The quantitative estimate of drug-likeness (QED) is 0.554. The number of allylic oxidation sites excluding steroid dienone is 1. The molecule has 0 aliphatic carbocycles. The second kappa shape index (κ2) is 7.41. The van der Waals surface area contributed by atoms with E-state index in [4.69, 9.17) is 0 Å². The van der Waals surface area contributed by atoms with E-state index in [2.05, 4.69) is 52.5 Å². The highest BCUT2D eigenvalue weighted by Gasteiger charge is 2.07. The highest BCUT2D eigenvalue weighted by Crippen LogP contribution is 2.22. The molecular formula is C18H28. The van der Waals surface area contributed by atoms with E-state index in [-0.39, 0.29) is 0 Å². The van der Waals surface area contributed by atoms with Crippen molar-refractivity contribution in [2.24, 2.45) is 5.92 Å². The van der Waals surface area contributed by atoms with Gasteiger partial charge in [-0.3, -0.25) is 0 Å². The van der Waals surface area contributed by atoms with Crippen LogP contribution in [0, 0.1) is 5.92 Å². The number of hydrogen-bond donors (Lipinski definition) is 0. The first-order valence-corrected chi connectivity index (χ1v) is 7.32. The second-order valence-corrected chi connectivity index (χ2v) is 5.81. The van der Waals surface area contributed by atoms with E-state index >= 15 is 0 Å². The summed E-state index contributed by atoms with van der Waals surface area (Å²) < 4.78 is 0. The van der Waals surface area contributed by atoms with Crippen LogP contribution in [0.5, 0.6) is 0 Å². The van der Waals surface area contributed by atoms with Crippen LogP contribution in [0.3, 0.4) is 0 Å². The minimum absolute atomic E-state index is 0.456. The third-order valence-corrected chi connectivity index (χ3v) is 3.42. The molecule has 0 bridgehead atoms. The van der Waals surface area contributed by atoms with Crippen LogP contribution in [0.4, 0.5) is 0 Å². The fraction of sp³-hybridized carbons (Fsp3) is 0.556. The monoisotopic (exact) mass is 244 g/mol. The lowest BCUT2D eigenvalue weighted by Gasteiger charge is -2.14. The van der Waals surface area contributed by atoms with Crippen molar-refractivity contribution in [3.63, 3.8) is 0 Å². The molecule has 100 valence electrons. The van der Waals surface area contributed by atoms with E-state index in [1.807, 2.05) is 6.08 Å². The lowest BCUT2D eigenvalue weighted by Crippen LogP contribution is -1.99. The number of rotatable bonds is 7. The van der Waals surface area contributed by atoms with Crippen molar-refractivity contribution in [3.05, 3.63) is 47.5 Å². The van der Waals surface area contributed by atoms with Crippen molar-refractivity contribution in [1.29, 1.82) is 0 Å². The van der Waals surface area contributed by atoms with Crippen LogP contribution in [0.25, 0.3) is 0 Å². The SMILES string of the molecule is C=CC(C)c1cc(CCCC)cc(CC(C)C)c1. The largest absolute Gasteiger partial charge is 0.102 e. The maximum absolute atomic E-state index is 3.92. The molecule has 0 heteroatoms. The molecule has 1 aromatic carbocycles. The average Bonchev–Trinajstić information content (AvgIpc) is 2.34. The zero-order valence-electron chi connectivity index (χ0n) is 12.5. The molecule has 0 aromatic heterocycles. The Kier molecular flexibility index (Phi) is 6.18. The molecular weight excluding hydrogens is 216 g/mol. The van der Waals surface area contributed by atoms with Crippen LogP contribution in [0.15, 0.2) is 30.9 Å². The lowest BCUT2D eigenvalue weighted by atomic mass is 9.92. The van der Waals surface area contributed by atoms with Crippen molar-refractivity contribution in [2.45, 2.75) is 59.3 Å². The van der Waals surface area contributed by atoms with E-state index in [9.17, 15) is 0 Å². The zero-order valence-corrected chi connectivity index (χ0v) is 12.5. The summed E-state index contributed by atoms with van der Waals surface area (Å²) in [6, 6.07) is 7.13. The summed E-state index contributed by atoms with van der Waals surface area (Å²) in [5.41, 5.74) is 4.41. The van der Waals surface area contributed by atoms with E-state index in [0.717, 1.165) is 5.92 Å². The molecule has 0 saturated carbocycles. The Balaban J connectivity index is 2.99. The predicted molar refractivity (Wildman–Crippen MR) is 82.2 cm³/mol. The Morgan fingerprint density at radius 1 is 1.11 bits per heavy atom. The van der Waals surface area contributed by atoms with Gasteiger partial charge in [-0.1, -0.05) is 58.4 Å². The first kappa shape index (κ1) is 15.0. The van der Waals surface area contributed by atoms with Gasteiger partial charge in [-0.15, -0.1) is 6.58 Å². The van der Waals surface area contributed by atoms with Gasteiger partial charge in [-0.2, -0.15) is 0 Å². The fourth-order valence-electron chi connectivity index (χ4n) is 2.30. The molecule has 0 N–H and O–H groups in total. The van der Waals surface area contributed by atoms with E-state index in [1.54, 1.807) is 0 Å². The van der Waals surface area contributed by atoms with Gasteiger partial charge in [0.05, 0.1) is 0 Å². The van der Waals surface area contributed by atoms with Crippen molar-refractivity contribution in [3.8, 4) is 0 Å². The maximum Gasteiger partial charge on any atom is -0.00129 e. The van der Waals surface area contributed by atoms with Crippen LogP contribution < -0.4 is 0 Å². The van der Waals surface area contributed by atoms with E-state index in [1.165, 1.54) is 42.4 Å². The minimum atomic E-state index is 0.456.